The number of aromatic hydroxyl groups is 1. The van der Waals surface area contributed by atoms with Crippen LogP contribution in [0.15, 0.2) is 42.5 Å². The van der Waals surface area contributed by atoms with Gasteiger partial charge in [0.25, 0.3) is 0 Å². The normalized spacial score (nSPS) is 25.3. The highest BCUT2D eigenvalue weighted by Crippen LogP contribution is 2.53. The van der Waals surface area contributed by atoms with E-state index in [1.54, 1.807) is 18.2 Å². The number of hydrogen-bond acceptors (Lipinski definition) is 3. The summed E-state index contributed by atoms with van der Waals surface area (Å²) in [5, 5.41) is 9.50. The van der Waals surface area contributed by atoms with Crippen molar-refractivity contribution in [1.82, 2.24) is 0 Å². The summed E-state index contributed by atoms with van der Waals surface area (Å²) in [7, 11) is 0. The van der Waals surface area contributed by atoms with Crippen molar-refractivity contribution in [2.75, 3.05) is 0 Å². The van der Waals surface area contributed by atoms with Crippen molar-refractivity contribution in [2.24, 2.45) is 11.7 Å². The predicted molar refractivity (Wildman–Crippen MR) is 86.5 cm³/mol. The zero-order chi connectivity index (χ0) is 16.0. The summed E-state index contributed by atoms with van der Waals surface area (Å²) in [4.78, 5) is 11.5. The number of hydrogen-bond donors (Lipinski definition) is 2. The van der Waals surface area contributed by atoms with Crippen LogP contribution in [0, 0.1) is 5.92 Å². The molecule has 1 aliphatic carbocycles. The monoisotopic (exact) mass is 309 g/mol. The van der Waals surface area contributed by atoms with Crippen molar-refractivity contribution < 1.29 is 14.6 Å². The third-order valence-corrected chi connectivity index (χ3v) is 5.13. The van der Waals surface area contributed by atoms with Crippen LogP contribution in [-0.4, -0.2) is 11.0 Å². The van der Waals surface area contributed by atoms with E-state index in [0.717, 1.165) is 36.1 Å². The van der Waals surface area contributed by atoms with Gasteiger partial charge in [-0.1, -0.05) is 18.6 Å². The van der Waals surface area contributed by atoms with Crippen molar-refractivity contribution >= 4 is 5.91 Å². The highest BCUT2D eigenvalue weighted by Gasteiger charge is 2.42. The first-order chi connectivity index (χ1) is 11.1. The van der Waals surface area contributed by atoms with Crippen LogP contribution in [0.25, 0.3) is 0 Å². The zero-order valence-electron chi connectivity index (χ0n) is 12.7. The van der Waals surface area contributed by atoms with Crippen LogP contribution < -0.4 is 10.5 Å². The molecule has 118 valence electrons. The van der Waals surface area contributed by atoms with Gasteiger partial charge in [-0.05, 0) is 60.2 Å². The first-order valence-electron chi connectivity index (χ1n) is 8.03. The molecule has 0 spiro atoms. The van der Waals surface area contributed by atoms with Gasteiger partial charge in [0.2, 0.25) is 5.91 Å². The number of carbonyl (C=O) groups excluding carboxylic acids is 1. The minimum Gasteiger partial charge on any atom is -0.508 e. The van der Waals surface area contributed by atoms with Gasteiger partial charge in [0.15, 0.2) is 0 Å². The smallest absolute Gasteiger partial charge is 0.248 e. The number of phenols is 1. The molecule has 3 unspecified atom stereocenters. The number of ether oxygens (including phenoxy) is 1. The van der Waals surface area contributed by atoms with E-state index in [4.69, 9.17) is 10.5 Å². The Balaban J connectivity index is 1.76. The van der Waals surface area contributed by atoms with Gasteiger partial charge in [-0.15, -0.1) is 0 Å². The fourth-order valence-corrected chi connectivity index (χ4v) is 4.04. The van der Waals surface area contributed by atoms with Gasteiger partial charge in [-0.25, -0.2) is 0 Å². The first-order valence-corrected chi connectivity index (χ1v) is 8.03. The minimum atomic E-state index is -0.400. The Morgan fingerprint density at radius 2 is 1.91 bits per heavy atom. The molecule has 1 saturated carbocycles. The minimum absolute atomic E-state index is 0.00460. The van der Waals surface area contributed by atoms with E-state index in [2.05, 4.69) is 0 Å². The van der Waals surface area contributed by atoms with E-state index in [0.29, 0.717) is 17.4 Å². The highest BCUT2D eigenvalue weighted by atomic mass is 16.5. The summed E-state index contributed by atoms with van der Waals surface area (Å²) in [6.07, 6.45) is 3.37. The second kappa shape index (κ2) is 5.30. The molecule has 2 aromatic carbocycles. The number of fused-ring (bicyclic) bond motifs is 3. The van der Waals surface area contributed by atoms with Crippen LogP contribution in [0.3, 0.4) is 0 Å². The van der Waals surface area contributed by atoms with Crippen molar-refractivity contribution in [3.05, 3.63) is 59.2 Å². The van der Waals surface area contributed by atoms with E-state index in [-0.39, 0.29) is 11.9 Å². The van der Waals surface area contributed by atoms with Crippen LogP contribution in [-0.2, 0) is 0 Å². The average molecular weight is 309 g/mol. The summed E-state index contributed by atoms with van der Waals surface area (Å²) in [5.41, 5.74) is 8.15. The van der Waals surface area contributed by atoms with Crippen molar-refractivity contribution in [3.8, 4) is 11.5 Å². The Morgan fingerprint density at radius 3 is 2.65 bits per heavy atom. The molecule has 3 N–H and O–H groups in total. The number of benzene rings is 2. The van der Waals surface area contributed by atoms with E-state index in [1.165, 1.54) is 0 Å². The maximum absolute atomic E-state index is 11.5. The van der Waals surface area contributed by atoms with E-state index < -0.39 is 5.91 Å². The van der Waals surface area contributed by atoms with Gasteiger partial charge in [0.05, 0.1) is 0 Å². The van der Waals surface area contributed by atoms with Gasteiger partial charge in [-0.3, -0.25) is 4.79 Å². The van der Waals surface area contributed by atoms with E-state index in [9.17, 15) is 9.90 Å². The molecule has 1 fully saturated rings. The SMILES string of the molecule is NC(=O)c1ccc2c(c1)C1CCCC1C(c1ccc(O)cc1)O2. The maximum Gasteiger partial charge on any atom is 0.248 e. The second-order valence-corrected chi connectivity index (χ2v) is 6.45. The zero-order valence-corrected chi connectivity index (χ0v) is 12.7. The van der Waals surface area contributed by atoms with Crippen LogP contribution in [0.2, 0.25) is 0 Å². The molecular formula is C19H19NO3. The molecule has 4 heteroatoms. The number of phenolic OH excluding ortho intramolecular Hbond substituents is 1. The number of nitrogens with two attached hydrogens (primary N) is 1. The molecule has 1 aliphatic heterocycles. The lowest BCUT2D eigenvalue weighted by Crippen LogP contribution is -2.27. The molecule has 2 aliphatic rings. The summed E-state index contributed by atoms with van der Waals surface area (Å²) in [6.45, 7) is 0. The van der Waals surface area contributed by atoms with Crippen molar-refractivity contribution in [2.45, 2.75) is 31.3 Å². The van der Waals surface area contributed by atoms with Crippen molar-refractivity contribution in [1.29, 1.82) is 0 Å². The standard InChI is InChI=1S/C19H19NO3/c20-19(22)12-6-9-17-16(10-12)14-2-1-3-15(14)18(23-17)11-4-7-13(21)8-5-11/h4-10,14-15,18,21H,1-3H2,(H2,20,22). The number of rotatable bonds is 2. The Kier molecular flexibility index (Phi) is 3.26. The molecule has 3 atom stereocenters. The molecule has 2 aromatic rings. The maximum atomic E-state index is 11.5. The Labute approximate surface area is 134 Å². The first kappa shape index (κ1) is 14.1. The molecule has 4 rings (SSSR count). The fraction of sp³-hybridized carbons (Fsp3) is 0.316. The quantitative estimate of drug-likeness (QED) is 0.891. The van der Waals surface area contributed by atoms with Gasteiger partial charge in [0, 0.05) is 11.5 Å². The van der Waals surface area contributed by atoms with Gasteiger partial charge in [0.1, 0.15) is 17.6 Å². The lowest BCUT2D eigenvalue weighted by molar-refractivity contribution is 0.0993. The average Bonchev–Trinajstić information content (AvgIpc) is 3.04. The van der Waals surface area contributed by atoms with Crippen LogP contribution in [0.1, 0.15) is 52.8 Å². The molecule has 0 aromatic heterocycles. The predicted octanol–water partition coefficient (Wildman–Crippen LogP) is 3.51. The topological polar surface area (TPSA) is 72.6 Å². The Bertz CT molecular complexity index is 754. The number of amides is 1. The molecule has 4 nitrogen and oxygen atoms in total. The van der Waals surface area contributed by atoms with Crippen LogP contribution in [0.4, 0.5) is 0 Å². The van der Waals surface area contributed by atoms with E-state index in [1.807, 2.05) is 24.3 Å². The summed E-state index contributed by atoms with van der Waals surface area (Å²) in [6, 6.07) is 12.7. The van der Waals surface area contributed by atoms with Gasteiger partial charge in [-0.2, -0.15) is 0 Å². The lowest BCUT2D eigenvalue weighted by atomic mass is 9.79. The van der Waals surface area contributed by atoms with Gasteiger partial charge < -0.3 is 15.6 Å². The molecule has 0 bridgehead atoms. The number of primary amides is 1. The lowest BCUT2D eigenvalue weighted by Gasteiger charge is -2.36. The molecule has 0 radical (unpaired) electrons. The second-order valence-electron chi connectivity index (χ2n) is 6.45. The molecular weight excluding hydrogens is 290 g/mol. The third-order valence-electron chi connectivity index (χ3n) is 5.13. The van der Waals surface area contributed by atoms with Gasteiger partial charge >= 0.3 is 0 Å². The van der Waals surface area contributed by atoms with Crippen LogP contribution >= 0.6 is 0 Å². The summed E-state index contributed by atoms with van der Waals surface area (Å²) < 4.78 is 6.27. The summed E-state index contributed by atoms with van der Waals surface area (Å²) >= 11 is 0. The molecule has 0 saturated heterocycles. The summed E-state index contributed by atoms with van der Waals surface area (Å²) in [5.74, 6) is 1.50. The Morgan fingerprint density at radius 1 is 1.13 bits per heavy atom. The van der Waals surface area contributed by atoms with Crippen molar-refractivity contribution in [3.63, 3.8) is 0 Å². The molecule has 23 heavy (non-hydrogen) atoms. The molecule has 1 amide bonds. The van der Waals surface area contributed by atoms with E-state index >= 15 is 0 Å². The number of carbonyl (C=O) groups is 1. The Hall–Kier alpha value is -2.49. The fourth-order valence-electron chi connectivity index (χ4n) is 4.04. The highest BCUT2D eigenvalue weighted by molar-refractivity contribution is 5.93. The van der Waals surface area contributed by atoms with Crippen LogP contribution in [0.5, 0.6) is 11.5 Å². The molecule has 1 heterocycles. The largest absolute Gasteiger partial charge is 0.508 e. The third kappa shape index (κ3) is 2.34.